The summed E-state index contributed by atoms with van der Waals surface area (Å²) in [6.07, 6.45) is 2.37. The molecule has 3 rings (SSSR count). The number of nitrogen functional groups attached to an aromatic ring is 1. The quantitative estimate of drug-likeness (QED) is 0.923. The Morgan fingerprint density at radius 1 is 1.47 bits per heavy atom. The van der Waals surface area contributed by atoms with E-state index in [4.69, 9.17) is 5.73 Å². The van der Waals surface area contributed by atoms with Gasteiger partial charge >= 0.3 is 0 Å². The molecule has 1 aromatic heterocycles. The highest BCUT2D eigenvalue weighted by Gasteiger charge is 2.23. The van der Waals surface area contributed by atoms with E-state index in [9.17, 15) is 4.79 Å². The van der Waals surface area contributed by atoms with Crippen LogP contribution in [0.1, 0.15) is 12.8 Å². The van der Waals surface area contributed by atoms with Gasteiger partial charge in [0.15, 0.2) is 0 Å². The fourth-order valence-electron chi connectivity index (χ4n) is 1.95. The second-order valence-corrected chi connectivity index (χ2v) is 5.41. The van der Waals surface area contributed by atoms with Gasteiger partial charge in [-0.05, 0) is 37.0 Å². The van der Waals surface area contributed by atoms with Gasteiger partial charge in [0.2, 0.25) is 5.95 Å². The summed E-state index contributed by atoms with van der Waals surface area (Å²) in [5.74, 6) is 0.915. The molecule has 2 aromatic rings. The van der Waals surface area contributed by atoms with Gasteiger partial charge in [-0.15, -0.1) is 0 Å². The lowest BCUT2D eigenvalue weighted by atomic mass is 10.2. The third-order valence-corrected chi connectivity index (χ3v) is 3.58. The third-order valence-electron chi connectivity index (χ3n) is 3.08. The average molecular weight is 294 g/mol. The van der Waals surface area contributed by atoms with E-state index < -0.39 is 0 Å². The zero-order valence-electron chi connectivity index (χ0n) is 9.19. The van der Waals surface area contributed by atoms with Crippen LogP contribution in [0.3, 0.4) is 0 Å². The molecule has 0 amide bonds. The fraction of sp³-hybridized carbons (Fsp3) is 0.333. The van der Waals surface area contributed by atoms with E-state index in [0.29, 0.717) is 29.3 Å². The van der Waals surface area contributed by atoms with E-state index in [0.717, 1.165) is 4.47 Å². The van der Waals surface area contributed by atoms with Crippen molar-refractivity contribution in [1.29, 1.82) is 0 Å². The lowest BCUT2D eigenvalue weighted by Crippen LogP contribution is -2.25. The largest absolute Gasteiger partial charge is 0.369 e. The van der Waals surface area contributed by atoms with Crippen LogP contribution in [0.2, 0.25) is 0 Å². The zero-order chi connectivity index (χ0) is 12.0. The standard InChI is InChI=1S/C12H12BrN3O/c13-8-3-4-10-9(5-8)11(17)16(12(14)15-10)6-7-1-2-7/h3-5,7H,1-2,6H2,(H2,14,15). The molecule has 0 atom stereocenters. The molecule has 1 fully saturated rings. The van der Waals surface area contributed by atoms with Crippen molar-refractivity contribution in [2.75, 3.05) is 5.73 Å². The van der Waals surface area contributed by atoms with Gasteiger partial charge in [0, 0.05) is 11.0 Å². The van der Waals surface area contributed by atoms with Crippen LogP contribution in [-0.2, 0) is 6.54 Å². The van der Waals surface area contributed by atoms with Gasteiger partial charge in [-0.3, -0.25) is 9.36 Å². The molecule has 0 bridgehead atoms. The average Bonchev–Trinajstić information content (AvgIpc) is 3.09. The number of aromatic nitrogens is 2. The van der Waals surface area contributed by atoms with Gasteiger partial charge < -0.3 is 5.73 Å². The Morgan fingerprint density at radius 2 is 2.24 bits per heavy atom. The number of anilines is 1. The molecular formula is C12H12BrN3O. The van der Waals surface area contributed by atoms with Gasteiger partial charge in [-0.25, -0.2) is 4.98 Å². The number of benzene rings is 1. The first kappa shape index (κ1) is 10.8. The molecule has 0 radical (unpaired) electrons. The van der Waals surface area contributed by atoms with Crippen LogP contribution in [0.15, 0.2) is 27.5 Å². The van der Waals surface area contributed by atoms with E-state index in [1.165, 1.54) is 12.8 Å². The first-order valence-corrected chi connectivity index (χ1v) is 6.40. The van der Waals surface area contributed by atoms with Crippen molar-refractivity contribution in [3.63, 3.8) is 0 Å². The van der Waals surface area contributed by atoms with E-state index in [1.54, 1.807) is 16.7 Å². The molecule has 0 saturated heterocycles. The topological polar surface area (TPSA) is 60.9 Å². The molecule has 4 nitrogen and oxygen atoms in total. The molecule has 0 aliphatic heterocycles. The molecule has 88 valence electrons. The Bertz CT molecular complexity index is 646. The second kappa shape index (κ2) is 3.84. The number of nitrogens with two attached hydrogens (primary N) is 1. The molecule has 17 heavy (non-hydrogen) atoms. The highest BCUT2D eigenvalue weighted by molar-refractivity contribution is 9.10. The smallest absolute Gasteiger partial charge is 0.262 e. The minimum Gasteiger partial charge on any atom is -0.369 e. The summed E-state index contributed by atoms with van der Waals surface area (Å²) in [6, 6.07) is 5.46. The molecular weight excluding hydrogens is 282 g/mol. The highest BCUT2D eigenvalue weighted by atomic mass is 79.9. The minimum atomic E-state index is -0.0410. The van der Waals surface area contributed by atoms with Crippen LogP contribution in [0.4, 0.5) is 5.95 Å². The van der Waals surface area contributed by atoms with Crippen LogP contribution in [0, 0.1) is 5.92 Å². The van der Waals surface area contributed by atoms with E-state index in [2.05, 4.69) is 20.9 Å². The van der Waals surface area contributed by atoms with Gasteiger partial charge in [-0.2, -0.15) is 0 Å². The summed E-state index contributed by atoms with van der Waals surface area (Å²) < 4.78 is 2.47. The van der Waals surface area contributed by atoms with Gasteiger partial charge in [0.1, 0.15) is 0 Å². The number of nitrogens with zero attached hydrogens (tertiary/aromatic N) is 2. The van der Waals surface area contributed by atoms with Crippen LogP contribution in [0.25, 0.3) is 10.9 Å². The molecule has 1 heterocycles. The Balaban J connectivity index is 2.24. The lowest BCUT2D eigenvalue weighted by molar-refractivity contribution is 0.611. The van der Waals surface area contributed by atoms with E-state index in [1.807, 2.05) is 6.07 Å². The van der Waals surface area contributed by atoms with Crippen molar-refractivity contribution in [3.8, 4) is 0 Å². The van der Waals surface area contributed by atoms with Crippen molar-refractivity contribution in [3.05, 3.63) is 33.0 Å². The maximum atomic E-state index is 12.3. The molecule has 1 saturated carbocycles. The molecule has 1 aliphatic carbocycles. The van der Waals surface area contributed by atoms with Crippen LogP contribution in [0.5, 0.6) is 0 Å². The highest BCUT2D eigenvalue weighted by Crippen LogP contribution is 2.30. The first-order valence-electron chi connectivity index (χ1n) is 5.61. The normalized spacial score (nSPS) is 15.4. The van der Waals surface area contributed by atoms with Crippen molar-refractivity contribution < 1.29 is 0 Å². The number of rotatable bonds is 2. The monoisotopic (exact) mass is 293 g/mol. The van der Waals surface area contributed by atoms with Crippen LogP contribution in [-0.4, -0.2) is 9.55 Å². The van der Waals surface area contributed by atoms with Gasteiger partial charge in [-0.1, -0.05) is 15.9 Å². The molecule has 1 aromatic carbocycles. The molecule has 2 N–H and O–H groups in total. The third kappa shape index (κ3) is 1.95. The predicted molar refractivity (Wildman–Crippen MR) is 70.8 cm³/mol. The summed E-state index contributed by atoms with van der Waals surface area (Å²) in [7, 11) is 0. The summed E-state index contributed by atoms with van der Waals surface area (Å²) in [6.45, 7) is 0.695. The Kier molecular flexibility index (Phi) is 2.43. The van der Waals surface area contributed by atoms with Crippen molar-refractivity contribution in [2.45, 2.75) is 19.4 Å². The zero-order valence-corrected chi connectivity index (χ0v) is 10.8. The van der Waals surface area contributed by atoms with Gasteiger partial charge in [0.05, 0.1) is 10.9 Å². The molecule has 0 spiro atoms. The van der Waals surface area contributed by atoms with E-state index in [-0.39, 0.29) is 5.56 Å². The Morgan fingerprint density at radius 3 is 2.94 bits per heavy atom. The SMILES string of the molecule is Nc1nc2ccc(Br)cc2c(=O)n1CC1CC1. The van der Waals surface area contributed by atoms with Crippen LogP contribution < -0.4 is 11.3 Å². The molecule has 1 aliphatic rings. The lowest BCUT2D eigenvalue weighted by Gasteiger charge is -2.09. The number of fused-ring (bicyclic) bond motifs is 1. The van der Waals surface area contributed by atoms with Crippen molar-refractivity contribution in [2.24, 2.45) is 5.92 Å². The minimum absolute atomic E-state index is 0.0410. The van der Waals surface area contributed by atoms with E-state index >= 15 is 0 Å². The Hall–Kier alpha value is -1.36. The maximum Gasteiger partial charge on any atom is 0.262 e. The Labute approximate surface area is 107 Å². The molecule has 5 heteroatoms. The number of hydrogen-bond donors (Lipinski definition) is 1. The predicted octanol–water partition coefficient (Wildman–Crippen LogP) is 2.15. The maximum absolute atomic E-state index is 12.3. The second-order valence-electron chi connectivity index (χ2n) is 4.49. The molecule has 0 unspecified atom stereocenters. The van der Waals surface area contributed by atoms with Gasteiger partial charge in [0.25, 0.3) is 5.56 Å². The first-order chi connectivity index (χ1) is 8.15. The number of halogens is 1. The number of hydrogen-bond acceptors (Lipinski definition) is 3. The van der Waals surface area contributed by atoms with Crippen LogP contribution >= 0.6 is 15.9 Å². The van der Waals surface area contributed by atoms with Crippen molar-refractivity contribution in [1.82, 2.24) is 9.55 Å². The summed E-state index contributed by atoms with van der Waals surface area (Å²) in [4.78, 5) is 16.6. The summed E-state index contributed by atoms with van der Waals surface area (Å²) >= 11 is 3.37. The summed E-state index contributed by atoms with van der Waals surface area (Å²) in [5, 5.41) is 0.620. The fourth-order valence-corrected chi connectivity index (χ4v) is 2.31. The van der Waals surface area contributed by atoms with Crippen molar-refractivity contribution >= 4 is 32.8 Å². The summed E-state index contributed by atoms with van der Waals surface area (Å²) in [5.41, 5.74) is 6.46.